The lowest BCUT2D eigenvalue weighted by Gasteiger charge is -2.12. The largest absolute Gasteiger partial charge is 0.506 e. The summed E-state index contributed by atoms with van der Waals surface area (Å²) in [5.74, 6) is 0.792. The molecule has 0 saturated heterocycles. The van der Waals surface area contributed by atoms with E-state index in [1.165, 1.54) is 0 Å². The van der Waals surface area contributed by atoms with Crippen LogP contribution < -0.4 is 10.1 Å². The zero-order chi connectivity index (χ0) is 13.8. The maximum absolute atomic E-state index is 9.36. The number of phenolic OH excluding ortho intramolecular Hbond substituents is 1. The summed E-state index contributed by atoms with van der Waals surface area (Å²) < 4.78 is 5.24. The zero-order valence-corrected chi connectivity index (χ0v) is 11.8. The molecular formula is C14H13Cl2NO2. The van der Waals surface area contributed by atoms with Crippen molar-refractivity contribution < 1.29 is 9.84 Å². The van der Waals surface area contributed by atoms with Gasteiger partial charge in [-0.25, -0.2) is 0 Å². The summed E-state index contributed by atoms with van der Waals surface area (Å²) in [7, 11) is 1.60. The SMILES string of the molecule is COc1ccc(Cl)cc1NCc1ccc(O)c(Cl)c1. The molecule has 0 unspecified atom stereocenters. The van der Waals surface area contributed by atoms with E-state index in [1.807, 2.05) is 0 Å². The number of aromatic hydroxyl groups is 1. The molecule has 0 amide bonds. The van der Waals surface area contributed by atoms with E-state index in [4.69, 9.17) is 27.9 Å². The molecule has 2 aromatic carbocycles. The van der Waals surface area contributed by atoms with E-state index < -0.39 is 0 Å². The van der Waals surface area contributed by atoms with E-state index in [2.05, 4.69) is 5.32 Å². The average Bonchev–Trinajstić information content (AvgIpc) is 2.40. The number of phenols is 1. The number of hydrogen-bond donors (Lipinski definition) is 2. The van der Waals surface area contributed by atoms with Crippen LogP contribution in [-0.4, -0.2) is 12.2 Å². The Kier molecular flexibility index (Phi) is 4.40. The minimum absolute atomic E-state index is 0.0748. The fraction of sp³-hybridized carbons (Fsp3) is 0.143. The van der Waals surface area contributed by atoms with Crippen molar-refractivity contribution in [2.24, 2.45) is 0 Å². The Morgan fingerprint density at radius 1 is 1.16 bits per heavy atom. The fourth-order valence-electron chi connectivity index (χ4n) is 1.68. The number of anilines is 1. The lowest BCUT2D eigenvalue weighted by molar-refractivity contribution is 0.416. The molecule has 2 N–H and O–H groups in total. The highest BCUT2D eigenvalue weighted by atomic mass is 35.5. The van der Waals surface area contributed by atoms with E-state index in [9.17, 15) is 5.11 Å². The van der Waals surface area contributed by atoms with Crippen LogP contribution in [0.2, 0.25) is 10.0 Å². The second-order valence-electron chi connectivity index (χ2n) is 3.98. The third kappa shape index (κ3) is 3.46. The second kappa shape index (κ2) is 6.04. The summed E-state index contributed by atoms with van der Waals surface area (Å²) in [4.78, 5) is 0. The van der Waals surface area contributed by atoms with Gasteiger partial charge in [0.15, 0.2) is 0 Å². The minimum atomic E-state index is 0.0748. The molecule has 19 heavy (non-hydrogen) atoms. The predicted octanol–water partition coefficient (Wildman–Crippen LogP) is 4.32. The molecular weight excluding hydrogens is 285 g/mol. The molecule has 3 nitrogen and oxygen atoms in total. The summed E-state index contributed by atoms with van der Waals surface area (Å²) >= 11 is 11.8. The Labute approximate surface area is 121 Å². The highest BCUT2D eigenvalue weighted by Gasteiger charge is 2.05. The quantitative estimate of drug-likeness (QED) is 0.883. The average molecular weight is 298 g/mol. The number of halogens is 2. The summed E-state index contributed by atoms with van der Waals surface area (Å²) in [6.45, 7) is 0.552. The van der Waals surface area contributed by atoms with Gasteiger partial charge in [0.1, 0.15) is 11.5 Å². The molecule has 0 aliphatic heterocycles. The fourth-order valence-corrected chi connectivity index (χ4v) is 2.05. The van der Waals surface area contributed by atoms with Crippen molar-refractivity contribution in [3.8, 4) is 11.5 Å². The van der Waals surface area contributed by atoms with Gasteiger partial charge in [-0.05, 0) is 35.9 Å². The zero-order valence-electron chi connectivity index (χ0n) is 10.3. The van der Waals surface area contributed by atoms with Crippen molar-refractivity contribution in [3.05, 3.63) is 52.0 Å². The molecule has 0 heterocycles. The minimum Gasteiger partial charge on any atom is -0.506 e. The van der Waals surface area contributed by atoms with Gasteiger partial charge in [-0.15, -0.1) is 0 Å². The first kappa shape index (κ1) is 13.8. The van der Waals surface area contributed by atoms with Gasteiger partial charge < -0.3 is 15.2 Å². The number of nitrogens with one attached hydrogen (secondary N) is 1. The first-order valence-corrected chi connectivity index (χ1v) is 6.40. The summed E-state index contributed by atoms with van der Waals surface area (Å²) in [5.41, 5.74) is 1.75. The summed E-state index contributed by atoms with van der Waals surface area (Å²) in [5, 5.41) is 13.5. The maximum atomic E-state index is 9.36. The van der Waals surface area contributed by atoms with Gasteiger partial charge >= 0.3 is 0 Å². The van der Waals surface area contributed by atoms with E-state index in [0.29, 0.717) is 22.3 Å². The first-order chi connectivity index (χ1) is 9.10. The number of rotatable bonds is 4. The molecule has 0 aliphatic carbocycles. The number of benzene rings is 2. The molecule has 0 fully saturated rings. The molecule has 5 heteroatoms. The molecule has 2 rings (SSSR count). The standard InChI is InChI=1S/C14H13Cl2NO2/c1-19-14-5-3-10(15)7-12(14)17-8-9-2-4-13(18)11(16)6-9/h2-7,17-18H,8H2,1H3. The Morgan fingerprint density at radius 3 is 2.63 bits per heavy atom. The molecule has 0 saturated carbocycles. The Morgan fingerprint density at radius 2 is 1.95 bits per heavy atom. The predicted molar refractivity (Wildman–Crippen MR) is 78.4 cm³/mol. The van der Waals surface area contributed by atoms with Crippen molar-refractivity contribution >= 4 is 28.9 Å². The summed E-state index contributed by atoms with van der Waals surface area (Å²) in [6.07, 6.45) is 0. The van der Waals surface area contributed by atoms with Crippen LogP contribution in [0.25, 0.3) is 0 Å². The van der Waals surface area contributed by atoms with Gasteiger partial charge in [-0.1, -0.05) is 29.3 Å². The van der Waals surface area contributed by atoms with Crippen molar-refractivity contribution in [2.75, 3.05) is 12.4 Å². The van der Waals surface area contributed by atoms with E-state index in [1.54, 1.807) is 43.5 Å². The van der Waals surface area contributed by atoms with Gasteiger partial charge in [0.05, 0.1) is 17.8 Å². The first-order valence-electron chi connectivity index (χ1n) is 5.65. The molecule has 0 aliphatic rings. The second-order valence-corrected chi connectivity index (χ2v) is 4.83. The Hall–Kier alpha value is -1.58. The van der Waals surface area contributed by atoms with E-state index in [0.717, 1.165) is 11.3 Å². The topological polar surface area (TPSA) is 41.5 Å². The molecule has 0 atom stereocenters. The van der Waals surface area contributed by atoms with Crippen LogP contribution in [-0.2, 0) is 6.54 Å². The van der Waals surface area contributed by atoms with Gasteiger partial charge in [0, 0.05) is 11.6 Å². The van der Waals surface area contributed by atoms with Crippen molar-refractivity contribution in [2.45, 2.75) is 6.54 Å². The third-order valence-electron chi connectivity index (χ3n) is 2.66. The van der Waals surface area contributed by atoms with Crippen molar-refractivity contribution in [1.82, 2.24) is 0 Å². The number of hydrogen-bond acceptors (Lipinski definition) is 3. The van der Waals surface area contributed by atoms with E-state index in [-0.39, 0.29) is 5.75 Å². The van der Waals surface area contributed by atoms with Crippen LogP contribution in [0.1, 0.15) is 5.56 Å². The van der Waals surface area contributed by atoms with Crippen LogP contribution in [0, 0.1) is 0 Å². The van der Waals surface area contributed by atoms with Gasteiger partial charge in [0.25, 0.3) is 0 Å². The molecule has 0 spiro atoms. The van der Waals surface area contributed by atoms with Crippen LogP contribution in [0.15, 0.2) is 36.4 Å². The van der Waals surface area contributed by atoms with Crippen molar-refractivity contribution in [1.29, 1.82) is 0 Å². The smallest absolute Gasteiger partial charge is 0.142 e. The van der Waals surface area contributed by atoms with Crippen molar-refractivity contribution in [3.63, 3.8) is 0 Å². The number of methoxy groups -OCH3 is 1. The molecule has 100 valence electrons. The Balaban J connectivity index is 2.13. The lowest BCUT2D eigenvalue weighted by atomic mass is 10.2. The van der Waals surface area contributed by atoms with Gasteiger partial charge in [-0.2, -0.15) is 0 Å². The lowest BCUT2D eigenvalue weighted by Crippen LogP contribution is -2.01. The molecule has 0 radical (unpaired) electrons. The van der Waals surface area contributed by atoms with Crippen LogP contribution >= 0.6 is 23.2 Å². The monoisotopic (exact) mass is 297 g/mol. The molecule has 0 aromatic heterocycles. The highest BCUT2D eigenvalue weighted by Crippen LogP contribution is 2.29. The van der Waals surface area contributed by atoms with Gasteiger partial charge in [-0.3, -0.25) is 0 Å². The Bertz CT molecular complexity index is 588. The van der Waals surface area contributed by atoms with E-state index >= 15 is 0 Å². The van der Waals surface area contributed by atoms with Gasteiger partial charge in [0.2, 0.25) is 0 Å². The summed E-state index contributed by atoms with van der Waals surface area (Å²) in [6, 6.07) is 10.4. The molecule has 0 bridgehead atoms. The van der Waals surface area contributed by atoms with Crippen LogP contribution in [0.4, 0.5) is 5.69 Å². The number of ether oxygens (including phenoxy) is 1. The van der Waals surface area contributed by atoms with Crippen LogP contribution in [0.3, 0.4) is 0 Å². The van der Waals surface area contributed by atoms with Crippen LogP contribution in [0.5, 0.6) is 11.5 Å². The normalized spacial score (nSPS) is 10.3. The molecule has 2 aromatic rings. The maximum Gasteiger partial charge on any atom is 0.142 e. The highest BCUT2D eigenvalue weighted by molar-refractivity contribution is 6.32. The third-order valence-corrected chi connectivity index (χ3v) is 3.19.